The van der Waals surface area contributed by atoms with Gasteiger partial charge in [-0.1, -0.05) is 18.2 Å². The van der Waals surface area contributed by atoms with Crippen molar-refractivity contribution in [1.29, 1.82) is 0 Å². The third kappa shape index (κ3) is 4.64. The van der Waals surface area contributed by atoms with Crippen molar-refractivity contribution in [3.8, 4) is 11.5 Å². The Morgan fingerprint density at radius 3 is 2.56 bits per heavy atom. The van der Waals surface area contributed by atoms with Crippen molar-refractivity contribution in [2.45, 2.75) is 13.5 Å². The van der Waals surface area contributed by atoms with Gasteiger partial charge >= 0.3 is 0 Å². The van der Waals surface area contributed by atoms with Crippen LogP contribution >= 0.6 is 0 Å². The molecule has 0 aliphatic rings. The summed E-state index contributed by atoms with van der Waals surface area (Å²) >= 11 is 0. The maximum atomic E-state index is 13.2. The number of rotatable bonds is 5. The summed E-state index contributed by atoms with van der Waals surface area (Å²) in [5, 5.41) is 2.84. The number of carbonyl (C=O) groups is 1. The van der Waals surface area contributed by atoms with Crippen molar-refractivity contribution in [3.63, 3.8) is 0 Å². The molecule has 1 N–H and O–H groups in total. The summed E-state index contributed by atoms with van der Waals surface area (Å²) in [6.45, 7) is 2.22. The molecule has 3 rings (SSSR count). The first-order valence-electron chi connectivity index (χ1n) is 7.83. The molecule has 0 unspecified atom stereocenters. The van der Waals surface area contributed by atoms with Crippen LogP contribution in [0, 0.1) is 12.7 Å². The minimum absolute atomic E-state index is 0.191. The molecule has 4 nitrogen and oxygen atoms in total. The van der Waals surface area contributed by atoms with Crippen molar-refractivity contribution in [2.24, 2.45) is 0 Å². The number of pyridine rings is 1. The van der Waals surface area contributed by atoms with Crippen LogP contribution in [-0.4, -0.2) is 10.9 Å². The van der Waals surface area contributed by atoms with Crippen LogP contribution in [0.4, 0.5) is 4.39 Å². The summed E-state index contributed by atoms with van der Waals surface area (Å²) in [7, 11) is 0. The van der Waals surface area contributed by atoms with Crippen LogP contribution in [-0.2, 0) is 6.54 Å². The first-order valence-corrected chi connectivity index (χ1v) is 7.83. The summed E-state index contributed by atoms with van der Waals surface area (Å²) < 4.78 is 18.9. The Morgan fingerprint density at radius 1 is 1.08 bits per heavy atom. The Bertz CT molecular complexity index is 879. The Kier molecular flexibility index (Phi) is 5.04. The fraction of sp³-hybridized carbons (Fsp3) is 0.100. The highest BCUT2D eigenvalue weighted by molar-refractivity contribution is 5.93. The number of hydrogen-bond acceptors (Lipinski definition) is 3. The SMILES string of the molecule is Cc1ccc(C(=O)NCc2cccc(Oc3cccc(F)c3)c2)cn1. The van der Waals surface area contributed by atoms with Crippen molar-refractivity contribution < 1.29 is 13.9 Å². The number of aryl methyl sites for hydroxylation is 1. The summed E-state index contributed by atoms with van der Waals surface area (Å²) in [4.78, 5) is 16.2. The van der Waals surface area contributed by atoms with E-state index in [4.69, 9.17) is 4.74 Å². The molecule has 0 atom stereocenters. The van der Waals surface area contributed by atoms with Gasteiger partial charge in [0, 0.05) is 24.5 Å². The molecule has 126 valence electrons. The Hall–Kier alpha value is -3.21. The highest BCUT2D eigenvalue weighted by Gasteiger charge is 2.06. The molecular formula is C20H17FN2O2. The van der Waals surface area contributed by atoms with Gasteiger partial charge in [-0.2, -0.15) is 0 Å². The average molecular weight is 336 g/mol. The molecule has 0 fully saturated rings. The van der Waals surface area contributed by atoms with Crippen LogP contribution in [0.2, 0.25) is 0 Å². The topological polar surface area (TPSA) is 51.2 Å². The molecule has 2 aromatic carbocycles. The highest BCUT2D eigenvalue weighted by atomic mass is 19.1. The lowest BCUT2D eigenvalue weighted by Gasteiger charge is -2.09. The van der Waals surface area contributed by atoms with E-state index in [1.54, 1.807) is 42.6 Å². The zero-order chi connectivity index (χ0) is 17.6. The van der Waals surface area contributed by atoms with Gasteiger partial charge in [-0.3, -0.25) is 9.78 Å². The van der Waals surface area contributed by atoms with E-state index in [-0.39, 0.29) is 11.7 Å². The summed E-state index contributed by atoms with van der Waals surface area (Å²) in [6, 6.07) is 16.8. The van der Waals surface area contributed by atoms with E-state index in [1.165, 1.54) is 12.1 Å². The van der Waals surface area contributed by atoms with Gasteiger partial charge < -0.3 is 10.1 Å². The number of benzene rings is 2. The lowest BCUT2D eigenvalue weighted by atomic mass is 10.2. The number of nitrogens with one attached hydrogen (secondary N) is 1. The Balaban J connectivity index is 1.63. The molecule has 1 amide bonds. The van der Waals surface area contributed by atoms with Crippen molar-refractivity contribution in [1.82, 2.24) is 10.3 Å². The van der Waals surface area contributed by atoms with Crippen molar-refractivity contribution >= 4 is 5.91 Å². The molecule has 25 heavy (non-hydrogen) atoms. The number of ether oxygens (including phenoxy) is 1. The normalized spacial score (nSPS) is 10.3. The van der Waals surface area contributed by atoms with E-state index in [9.17, 15) is 9.18 Å². The average Bonchev–Trinajstić information content (AvgIpc) is 2.61. The lowest BCUT2D eigenvalue weighted by molar-refractivity contribution is 0.0950. The molecule has 0 spiro atoms. The fourth-order valence-corrected chi connectivity index (χ4v) is 2.27. The van der Waals surface area contributed by atoms with Crippen molar-refractivity contribution in [3.05, 3.63) is 89.5 Å². The first kappa shape index (κ1) is 16.6. The quantitative estimate of drug-likeness (QED) is 0.758. The standard InChI is InChI=1S/C20H17FN2O2/c1-14-8-9-16(13-22-14)20(24)23-12-15-4-2-6-18(10-15)25-19-7-3-5-17(21)11-19/h2-11,13H,12H2,1H3,(H,23,24). The molecule has 3 aromatic rings. The van der Waals surface area contributed by atoms with Crippen LogP contribution in [0.15, 0.2) is 66.9 Å². The second kappa shape index (κ2) is 7.57. The Morgan fingerprint density at radius 2 is 1.84 bits per heavy atom. The Labute approximate surface area is 145 Å². The monoisotopic (exact) mass is 336 g/mol. The number of amides is 1. The molecule has 5 heteroatoms. The van der Waals surface area contributed by atoms with Crippen LogP contribution in [0.25, 0.3) is 0 Å². The van der Waals surface area contributed by atoms with Gasteiger partial charge in [0.05, 0.1) is 5.56 Å². The molecule has 0 saturated heterocycles. The number of hydrogen-bond donors (Lipinski definition) is 1. The lowest BCUT2D eigenvalue weighted by Crippen LogP contribution is -2.22. The van der Waals surface area contributed by atoms with Gasteiger partial charge in [-0.05, 0) is 48.9 Å². The molecule has 1 aromatic heterocycles. The van der Waals surface area contributed by atoms with Crippen LogP contribution in [0.3, 0.4) is 0 Å². The first-order chi connectivity index (χ1) is 12.1. The third-order valence-corrected chi connectivity index (χ3v) is 3.56. The minimum atomic E-state index is -0.354. The summed E-state index contributed by atoms with van der Waals surface area (Å²) in [5.74, 6) is 0.456. The molecule has 0 aliphatic carbocycles. The number of carbonyl (C=O) groups excluding carboxylic acids is 1. The maximum Gasteiger partial charge on any atom is 0.253 e. The molecule has 0 bridgehead atoms. The molecule has 1 heterocycles. The van der Waals surface area contributed by atoms with Gasteiger partial charge in [-0.15, -0.1) is 0 Å². The largest absolute Gasteiger partial charge is 0.457 e. The van der Waals surface area contributed by atoms with Gasteiger partial charge in [-0.25, -0.2) is 4.39 Å². The molecular weight excluding hydrogens is 319 g/mol. The van der Waals surface area contributed by atoms with E-state index in [1.807, 2.05) is 19.1 Å². The van der Waals surface area contributed by atoms with E-state index >= 15 is 0 Å². The van der Waals surface area contributed by atoms with Crippen molar-refractivity contribution in [2.75, 3.05) is 0 Å². The zero-order valence-corrected chi connectivity index (χ0v) is 13.7. The van der Waals surface area contributed by atoms with E-state index in [0.29, 0.717) is 23.6 Å². The second-order valence-corrected chi connectivity index (χ2v) is 5.58. The van der Waals surface area contributed by atoms with Gasteiger partial charge in [0.25, 0.3) is 5.91 Å². The fourth-order valence-electron chi connectivity index (χ4n) is 2.27. The second-order valence-electron chi connectivity index (χ2n) is 5.58. The number of aromatic nitrogens is 1. The zero-order valence-electron chi connectivity index (χ0n) is 13.7. The maximum absolute atomic E-state index is 13.2. The number of halogens is 1. The van der Waals surface area contributed by atoms with E-state index in [2.05, 4.69) is 10.3 Å². The smallest absolute Gasteiger partial charge is 0.253 e. The van der Waals surface area contributed by atoms with Gasteiger partial charge in [0.1, 0.15) is 17.3 Å². The molecule has 0 saturated carbocycles. The summed E-state index contributed by atoms with van der Waals surface area (Å²) in [5.41, 5.74) is 2.25. The number of nitrogens with zero attached hydrogens (tertiary/aromatic N) is 1. The predicted octanol–water partition coefficient (Wildman–Crippen LogP) is 4.25. The van der Waals surface area contributed by atoms with Crippen LogP contribution in [0.1, 0.15) is 21.6 Å². The van der Waals surface area contributed by atoms with Gasteiger partial charge in [0.15, 0.2) is 0 Å². The molecule has 0 aliphatic heterocycles. The van der Waals surface area contributed by atoms with E-state index in [0.717, 1.165) is 11.3 Å². The van der Waals surface area contributed by atoms with Crippen LogP contribution in [0.5, 0.6) is 11.5 Å². The van der Waals surface area contributed by atoms with E-state index < -0.39 is 0 Å². The predicted molar refractivity (Wildman–Crippen MR) is 93.1 cm³/mol. The van der Waals surface area contributed by atoms with Crippen LogP contribution < -0.4 is 10.1 Å². The van der Waals surface area contributed by atoms with Gasteiger partial charge in [0.2, 0.25) is 0 Å². The minimum Gasteiger partial charge on any atom is -0.457 e. The summed E-state index contributed by atoms with van der Waals surface area (Å²) in [6.07, 6.45) is 1.55. The third-order valence-electron chi connectivity index (χ3n) is 3.56. The highest BCUT2D eigenvalue weighted by Crippen LogP contribution is 2.22. The molecule has 0 radical (unpaired) electrons.